The van der Waals surface area contributed by atoms with E-state index in [0.717, 1.165) is 5.56 Å². The molecule has 2 aromatic carbocycles. The Morgan fingerprint density at radius 1 is 1.09 bits per heavy atom. The monoisotopic (exact) mass is 490 g/mol. The summed E-state index contributed by atoms with van der Waals surface area (Å²) < 4.78 is 37.2. The van der Waals surface area contributed by atoms with E-state index < -0.39 is 18.3 Å². The van der Waals surface area contributed by atoms with E-state index in [2.05, 4.69) is 5.32 Å². The standard InChI is InChI=1S/C27H36F2N2O4/c1-20-4-8-23(9-5-20)35-17-13-26(32)30-25(19-31-15-12-22(29)18-31)27(33)21-6-10-24(11-7-21)34-16-3-2-14-28/h4-11,22,25,27,33H,2-3,12-19H2,1H3,(H,30,32)/t22-,25-,27-/m1/s1. The van der Waals surface area contributed by atoms with Crippen molar-refractivity contribution in [1.82, 2.24) is 10.2 Å². The molecule has 3 atom stereocenters. The molecule has 1 aliphatic rings. The molecule has 0 aliphatic carbocycles. The largest absolute Gasteiger partial charge is 0.494 e. The lowest BCUT2D eigenvalue weighted by Crippen LogP contribution is -2.47. The number of nitrogens with zero attached hydrogens (tertiary/aromatic N) is 1. The van der Waals surface area contributed by atoms with Gasteiger partial charge < -0.3 is 19.9 Å². The van der Waals surface area contributed by atoms with E-state index in [-0.39, 0.29) is 25.6 Å². The minimum atomic E-state index is -0.976. The van der Waals surface area contributed by atoms with E-state index in [1.54, 1.807) is 24.3 Å². The van der Waals surface area contributed by atoms with Crippen LogP contribution in [-0.4, -0.2) is 67.6 Å². The number of hydrogen-bond donors (Lipinski definition) is 2. The number of benzene rings is 2. The van der Waals surface area contributed by atoms with Crippen LogP contribution in [0.25, 0.3) is 0 Å². The molecule has 35 heavy (non-hydrogen) atoms. The highest BCUT2D eigenvalue weighted by molar-refractivity contribution is 5.76. The van der Waals surface area contributed by atoms with Crippen LogP contribution in [0.15, 0.2) is 48.5 Å². The average Bonchev–Trinajstić information content (AvgIpc) is 3.27. The molecule has 1 saturated heterocycles. The molecule has 6 nitrogen and oxygen atoms in total. The zero-order valence-electron chi connectivity index (χ0n) is 20.3. The van der Waals surface area contributed by atoms with Gasteiger partial charge in [0.15, 0.2) is 0 Å². The summed E-state index contributed by atoms with van der Waals surface area (Å²) in [4.78, 5) is 14.6. The molecule has 8 heteroatoms. The summed E-state index contributed by atoms with van der Waals surface area (Å²) in [5.41, 5.74) is 1.75. The second-order valence-corrected chi connectivity index (χ2v) is 8.99. The average molecular weight is 491 g/mol. The molecule has 1 fully saturated rings. The lowest BCUT2D eigenvalue weighted by atomic mass is 10.0. The van der Waals surface area contributed by atoms with E-state index in [1.807, 2.05) is 36.1 Å². The van der Waals surface area contributed by atoms with Gasteiger partial charge in [0.25, 0.3) is 0 Å². The number of alkyl halides is 2. The first kappa shape index (κ1) is 26.9. The van der Waals surface area contributed by atoms with Crippen molar-refractivity contribution in [2.45, 2.75) is 50.9 Å². The van der Waals surface area contributed by atoms with Crippen LogP contribution >= 0.6 is 0 Å². The molecule has 0 aromatic heterocycles. The van der Waals surface area contributed by atoms with Gasteiger partial charge in [0.2, 0.25) is 5.91 Å². The lowest BCUT2D eigenvalue weighted by molar-refractivity contribution is -0.123. The van der Waals surface area contributed by atoms with Crippen LogP contribution in [0.3, 0.4) is 0 Å². The smallest absolute Gasteiger partial charge is 0.223 e. The number of unbranched alkanes of at least 4 members (excludes halogenated alkanes) is 1. The van der Waals surface area contributed by atoms with Crippen LogP contribution in [0.2, 0.25) is 0 Å². The van der Waals surface area contributed by atoms with Crippen LogP contribution in [0.4, 0.5) is 8.78 Å². The summed E-state index contributed by atoms with van der Waals surface area (Å²) in [6, 6.07) is 14.0. The Hall–Kier alpha value is -2.71. The highest BCUT2D eigenvalue weighted by atomic mass is 19.1. The molecule has 0 unspecified atom stereocenters. The molecule has 0 radical (unpaired) electrons. The van der Waals surface area contributed by atoms with Crippen molar-refractivity contribution in [2.24, 2.45) is 0 Å². The minimum Gasteiger partial charge on any atom is -0.494 e. The van der Waals surface area contributed by atoms with Crippen LogP contribution in [0.5, 0.6) is 11.5 Å². The molecule has 2 aromatic rings. The van der Waals surface area contributed by atoms with Crippen LogP contribution in [-0.2, 0) is 4.79 Å². The number of likely N-dealkylation sites (tertiary alicyclic amines) is 1. The highest BCUT2D eigenvalue weighted by Crippen LogP contribution is 2.23. The van der Waals surface area contributed by atoms with Gasteiger partial charge in [-0.05, 0) is 56.0 Å². The zero-order valence-corrected chi connectivity index (χ0v) is 20.3. The fourth-order valence-corrected chi connectivity index (χ4v) is 4.01. The van der Waals surface area contributed by atoms with Gasteiger partial charge in [0.1, 0.15) is 23.8 Å². The van der Waals surface area contributed by atoms with E-state index in [1.165, 1.54) is 0 Å². The third-order valence-electron chi connectivity index (χ3n) is 6.03. The maximum atomic E-state index is 13.7. The summed E-state index contributed by atoms with van der Waals surface area (Å²) in [7, 11) is 0. The Bertz CT molecular complexity index is 895. The number of hydrogen-bond acceptors (Lipinski definition) is 5. The summed E-state index contributed by atoms with van der Waals surface area (Å²) in [6.07, 6.45) is -0.181. The third-order valence-corrected chi connectivity index (χ3v) is 6.03. The molecule has 192 valence electrons. The van der Waals surface area contributed by atoms with Gasteiger partial charge in [-0.3, -0.25) is 14.1 Å². The third kappa shape index (κ3) is 9.11. The lowest BCUT2D eigenvalue weighted by Gasteiger charge is -2.29. The second kappa shape index (κ2) is 14.0. The van der Waals surface area contributed by atoms with Crippen molar-refractivity contribution < 1.29 is 28.2 Å². The SMILES string of the molecule is Cc1ccc(OCCC(=O)N[C@H](CN2CC[C@@H](F)C2)[C@H](O)c2ccc(OCCCCF)cc2)cc1. The first-order chi connectivity index (χ1) is 16.9. The maximum absolute atomic E-state index is 13.7. The molecular formula is C27H36F2N2O4. The van der Waals surface area contributed by atoms with Gasteiger partial charge in [0, 0.05) is 19.6 Å². The predicted molar refractivity (Wildman–Crippen MR) is 131 cm³/mol. The predicted octanol–water partition coefficient (Wildman–Crippen LogP) is 4.15. The van der Waals surface area contributed by atoms with Crippen molar-refractivity contribution in [3.8, 4) is 11.5 Å². The van der Waals surface area contributed by atoms with Crippen molar-refractivity contribution in [3.63, 3.8) is 0 Å². The Balaban J connectivity index is 1.56. The number of carbonyl (C=O) groups is 1. The van der Waals surface area contributed by atoms with Crippen molar-refractivity contribution in [3.05, 3.63) is 59.7 Å². The van der Waals surface area contributed by atoms with Crippen molar-refractivity contribution in [1.29, 1.82) is 0 Å². The molecule has 0 bridgehead atoms. The number of aliphatic hydroxyl groups excluding tert-OH is 1. The van der Waals surface area contributed by atoms with Gasteiger partial charge in [0.05, 0.1) is 32.4 Å². The Kier molecular flexibility index (Phi) is 10.8. The van der Waals surface area contributed by atoms with E-state index in [4.69, 9.17) is 9.47 Å². The van der Waals surface area contributed by atoms with E-state index in [0.29, 0.717) is 62.6 Å². The Labute approximate surface area is 206 Å². The van der Waals surface area contributed by atoms with Crippen LogP contribution in [0.1, 0.15) is 42.9 Å². The quantitative estimate of drug-likeness (QED) is 0.389. The number of ether oxygens (including phenoxy) is 2. The van der Waals surface area contributed by atoms with Gasteiger partial charge in [-0.15, -0.1) is 0 Å². The molecular weight excluding hydrogens is 454 g/mol. The zero-order chi connectivity index (χ0) is 25.0. The minimum absolute atomic E-state index is 0.133. The number of aliphatic hydroxyl groups is 1. The summed E-state index contributed by atoms with van der Waals surface area (Å²) in [6.45, 7) is 3.48. The second-order valence-electron chi connectivity index (χ2n) is 8.99. The Morgan fingerprint density at radius 2 is 1.74 bits per heavy atom. The van der Waals surface area contributed by atoms with Crippen molar-refractivity contribution in [2.75, 3.05) is 39.5 Å². The Morgan fingerprint density at radius 3 is 2.37 bits per heavy atom. The molecule has 2 N–H and O–H groups in total. The normalized spacial score (nSPS) is 17.7. The topological polar surface area (TPSA) is 71.0 Å². The number of carbonyl (C=O) groups excluding carboxylic acids is 1. The van der Waals surface area contributed by atoms with Gasteiger partial charge >= 0.3 is 0 Å². The summed E-state index contributed by atoms with van der Waals surface area (Å²) in [5.74, 6) is 1.08. The maximum Gasteiger partial charge on any atom is 0.223 e. The molecule has 1 amide bonds. The number of nitrogens with one attached hydrogen (secondary N) is 1. The number of halogens is 2. The number of amides is 1. The van der Waals surface area contributed by atoms with Gasteiger partial charge in [-0.25, -0.2) is 4.39 Å². The first-order valence-electron chi connectivity index (χ1n) is 12.3. The fourth-order valence-electron chi connectivity index (χ4n) is 4.01. The number of rotatable bonds is 14. The summed E-state index contributed by atoms with van der Waals surface area (Å²) in [5, 5.41) is 14.0. The highest BCUT2D eigenvalue weighted by Gasteiger charge is 2.29. The molecule has 1 aliphatic heterocycles. The van der Waals surface area contributed by atoms with E-state index >= 15 is 0 Å². The molecule has 0 saturated carbocycles. The molecule has 1 heterocycles. The molecule has 3 rings (SSSR count). The van der Waals surface area contributed by atoms with Gasteiger partial charge in [-0.1, -0.05) is 29.8 Å². The molecule has 0 spiro atoms. The van der Waals surface area contributed by atoms with Crippen LogP contribution in [0, 0.1) is 6.92 Å². The fraction of sp³-hybridized carbons (Fsp3) is 0.519. The van der Waals surface area contributed by atoms with Crippen molar-refractivity contribution >= 4 is 5.91 Å². The summed E-state index contributed by atoms with van der Waals surface area (Å²) >= 11 is 0. The van der Waals surface area contributed by atoms with Gasteiger partial charge in [-0.2, -0.15) is 0 Å². The van der Waals surface area contributed by atoms with Crippen LogP contribution < -0.4 is 14.8 Å². The first-order valence-corrected chi connectivity index (χ1v) is 12.3. The van der Waals surface area contributed by atoms with E-state index in [9.17, 15) is 18.7 Å². The number of aryl methyl sites for hydroxylation is 1.